The molecule has 74 valence electrons. The van der Waals surface area contributed by atoms with E-state index in [1.54, 1.807) is 23.9 Å². The summed E-state index contributed by atoms with van der Waals surface area (Å²) in [5.74, 6) is -0.195. The molecular weight excluding hydrogens is 209 g/mol. The quantitative estimate of drug-likeness (QED) is 0.795. The van der Waals surface area contributed by atoms with Crippen molar-refractivity contribution in [1.82, 2.24) is 0 Å². The highest BCUT2D eigenvalue weighted by atomic mass is 35.5. The Morgan fingerprint density at radius 1 is 1.38 bits per heavy atom. The molecule has 0 spiro atoms. The maximum absolute atomic E-state index is 12.5. The first-order valence-corrected chi connectivity index (χ1v) is 4.72. The van der Waals surface area contributed by atoms with Crippen LogP contribution in [-0.4, -0.2) is 11.8 Å². The summed E-state index contributed by atoms with van der Waals surface area (Å²) in [6, 6.07) is 6.47. The van der Waals surface area contributed by atoms with Crippen LogP contribution >= 0.6 is 24.2 Å². The van der Waals surface area contributed by atoms with Gasteiger partial charge in [0.25, 0.3) is 0 Å². The fourth-order valence-electron chi connectivity index (χ4n) is 0.794. The summed E-state index contributed by atoms with van der Waals surface area (Å²) >= 11 is 1.66. The molecular formula is C9H13ClFNS. The van der Waals surface area contributed by atoms with Crippen molar-refractivity contribution in [2.45, 2.75) is 17.1 Å². The highest BCUT2D eigenvalue weighted by Crippen LogP contribution is 2.22. The minimum Gasteiger partial charge on any atom is -0.329 e. The third kappa shape index (κ3) is 4.50. The Morgan fingerprint density at radius 3 is 2.38 bits per heavy atom. The summed E-state index contributed by atoms with van der Waals surface area (Å²) in [6.45, 7) is 2.69. The molecule has 2 N–H and O–H groups in total. The first kappa shape index (κ1) is 12.8. The van der Waals surface area contributed by atoms with Gasteiger partial charge in [-0.2, -0.15) is 0 Å². The van der Waals surface area contributed by atoms with Gasteiger partial charge in [-0.3, -0.25) is 0 Å². The molecule has 13 heavy (non-hydrogen) atoms. The van der Waals surface area contributed by atoms with Crippen LogP contribution in [0.4, 0.5) is 4.39 Å². The number of halogens is 2. The van der Waals surface area contributed by atoms with E-state index in [4.69, 9.17) is 5.73 Å². The fourth-order valence-corrected chi connectivity index (χ4v) is 1.65. The molecule has 0 saturated heterocycles. The standard InChI is InChI=1S/C9H12FNS.ClH/c1-7(6-11)12-9-4-2-8(10)3-5-9;/h2-5,7H,6,11H2,1H3;1H. The van der Waals surface area contributed by atoms with Crippen molar-refractivity contribution in [3.05, 3.63) is 30.1 Å². The van der Waals surface area contributed by atoms with Gasteiger partial charge in [0.1, 0.15) is 5.82 Å². The van der Waals surface area contributed by atoms with Crippen molar-refractivity contribution < 1.29 is 4.39 Å². The maximum atomic E-state index is 12.5. The van der Waals surface area contributed by atoms with Crippen molar-refractivity contribution in [1.29, 1.82) is 0 Å². The summed E-state index contributed by atoms with van der Waals surface area (Å²) in [6.07, 6.45) is 0. The Kier molecular flexibility index (Phi) is 6.12. The lowest BCUT2D eigenvalue weighted by atomic mass is 10.3. The van der Waals surface area contributed by atoms with Crippen molar-refractivity contribution in [3.8, 4) is 0 Å². The van der Waals surface area contributed by atoms with Gasteiger partial charge in [0.05, 0.1) is 0 Å². The lowest BCUT2D eigenvalue weighted by Gasteiger charge is -2.06. The molecule has 1 unspecified atom stereocenters. The van der Waals surface area contributed by atoms with Crippen molar-refractivity contribution in [2.24, 2.45) is 5.73 Å². The largest absolute Gasteiger partial charge is 0.329 e. The molecule has 0 heterocycles. The van der Waals surface area contributed by atoms with Crippen LogP contribution in [0, 0.1) is 5.82 Å². The van der Waals surface area contributed by atoms with Gasteiger partial charge < -0.3 is 5.73 Å². The maximum Gasteiger partial charge on any atom is 0.123 e. The molecule has 0 radical (unpaired) electrons. The van der Waals surface area contributed by atoms with E-state index in [9.17, 15) is 4.39 Å². The summed E-state index contributed by atoms with van der Waals surface area (Å²) in [4.78, 5) is 1.06. The second-order valence-corrected chi connectivity index (χ2v) is 4.13. The predicted octanol–water partition coefficient (Wildman–Crippen LogP) is 2.69. The van der Waals surface area contributed by atoms with Crippen LogP contribution in [0.3, 0.4) is 0 Å². The van der Waals surface area contributed by atoms with Gasteiger partial charge >= 0.3 is 0 Å². The zero-order valence-electron chi connectivity index (χ0n) is 7.37. The van der Waals surface area contributed by atoms with Gasteiger partial charge in [-0.1, -0.05) is 6.92 Å². The van der Waals surface area contributed by atoms with Crippen LogP contribution in [0.15, 0.2) is 29.2 Å². The second kappa shape index (κ2) is 6.24. The summed E-state index contributed by atoms with van der Waals surface area (Å²) in [7, 11) is 0. The van der Waals surface area contributed by atoms with Gasteiger partial charge in [-0.15, -0.1) is 24.2 Å². The Labute approximate surface area is 88.3 Å². The highest BCUT2D eigenvalue weighted by Gasteiger charge is 2.00. The van der Waals surface area contributed by atoms with E-state index < -0.39 is 0 Å². The molecule has 1 atom stereocenters. The van der Waals surface area contributed by atoms with Crippen LogP contribution in [-0.2, 0) is 0 Å². The molecule has 1 aromatic rings. The second-order valence-electron chi connectivity index (χ2n) is 2.62. The predicted molar refractivity (Wildman–Crippen MR) is 58.0 cm³/mol. The number of rotatable bonds is 3. The molecule has 0 bridgehead atoms. The molecule has 0 fully saturated rings. The van der Waals surface area contributed by atoms with E-state index in [2.05, 4.69) is 0 Å². The van der Waals surface area contributed by atoms with Gasteiger partial charge in [-0.25, -0.2) is 4.39 Å². The van der Waals surface area contributed by atoms with Crippen LogP contribution in [0.5, 0.6) is 0 Å². The van der Waals surface area contributed by atoms with Crippen molar-refractivity contribution in [2.75, 3.05) is 6.54 Å². The molecule has 0 aliphatic rings. The van der Waals surface area contributed by atoms with Crippen molar-refractivity contribution >= 4 is 24.2 Å². The Morgan fingerprint density at radius 2 is 1.92 bits per heavy atom. The molecule has 1 aromatic carbocycles. The van der Waals surface area contributed by atoms with Crippen LogP contribution in [0.2, 0.25) is 0 Å². The minimum absolute atomic E-state index is 0. The monoisotopic (exact) mass is 221 g/mol. The van der Waals surface area contributed by atoms with Gasteiger partial charge in [0, 0.05) is 16.7 Å². The summed E-state index contributed by atoms with van der Waals surface area (Å²) in [5, 5.41) is 0.385. The van der Waals surface area contributed by atoms with Crippen LogP contribution < -0.4 is 5.73 Å². The Balaban J connectivity index is 0.00000144. The van der Waals surface area contributed by atoms with E-state index in [1.807, 2.05) is 6.92 Å². The summed E-state index contributed by atoms with van der Waals surface area (Å²) in [5.41, 5.74) is 5.45. The zero-order valence-corrected chi connectivity index (χ0v) is 9.00. The fraction of sp³-hybridized carbons (Fsp3) is 0.333. The molecule has 1 rings (SSSR count). The average molecular weight is 222 g/mol. The lowest BCUT2D eigenvalue weighted by molar-refractivity contribution is 0.626. The van der Waals surface area contributed by atoms with Crippen LogP contribution in [0.1, 0.15) is 6.92 Å². The first-order chi connectivity index (χ1) is 5.72. The molecule has 1 nitrogen and oxygen atoms in total. The third-order valence-electron chi connectivity index (χ3n) is 1.48. The lowest BCUT2D eigenvalue weighted by Crippen LogP contribution is -2.12. The van der Waals surface area contributed by atoms with E-state index in [1.165, 1.54) is 12.1 Å². The molecule has 0 saturated carbocycles. The molecule has 0 aliphatic carbocycles. The third-order valence-corrected chi connectivity index (χ3v) is 2.62. The van der Waals surface area contributed by atoms with E-state index in [-0.39, 0.29) is 18.2 Å². The smallest absolute Gasteiger partial charge is 0.123 e. The summed E-state index contributed by atoms with van der Waals surface area (Å²) < 4.78 is 12.5. The molecule has 4 heteroatoms. The topological polar surface area (TPSA) is 26.0 Å². The van der Waals surface area contributed by atoms with Crippen molar-refractivity contribution in [3.63, 3.8) is 0 Å². The Bertz CT molecular complexity index is 240. The SMILES string of the molecule is CC(CN)Sc1ccc(F)cc1.Cl. The van der Waals surface area contributed by atoms with E-state index in [0.717, 1.165) is 4.90 Å². The molecule has 0 aromatic heterocycles. The van der Waals surface area contributed by atoms with E-state index >= 15 is 0 Å². The highest BCUT2D eigenvalue weighted by molar-refractivity contribution is 8.00. The average Bonchev–Trinajstić information content (AvgIpc) is 2.09. The minimum atomic E-state index is -0.195. The molecule has 0 amide bonds. The first-order valence-electron chi connectivity index (χ1n) is 3.84. The van der Waals surface area contributed by atoms with E-state index in [0.29, 0.717) is 11.8 Å². The zero-order chi connectivity index (χ0) is 8.97. The number of hydrogen-bond donors (Lipinski definition) is 1. The normalized spacial score (nSPS) is 11.9. The number of hydrogen-bond acceptors (Lipinski definition) is 2. The number of nitrogens with two attached hydrogens (primary N) is 1. The van der Waals surface area contributed by atoms with Crippen LogP contribution in [0.25, 0.3) is 0 Å². The number of thioether (sulfide) groups is 1. The number of benzene rings is 1. The van der Waals surface area contributed by atoms with Gasteiger partial charge in [0.15, 0.2) is 0 Å². The van der Waals surface area contributed by atoms with Gasteiger partial charge in [-0.05, 0) is 24.3 Å². The van der Waals surface area contributed by atoms with Gasteiger partial charge in [0.2, 0.25) is 0 Å². The Hall–Kier alpha value is -0.250. The molecule has 0 aliphatic heterocycles.